The summed E-state index contributed by atoms with van der Waals surface area (Å²) in [5.41, 5.74) is 0.478. The Kier molecular flexibility index (Phi) is 4.21. The molecule has 1 N–H and O–H groups in total. The van der Waals surface area contributed by atoms with Gasteiger partial charge in [0.25, 0.3) is 0 Å². The van der Waals surface area contributed by atoms with E-state index in [1.807, 2.05) is 0 Å². The zero-order valence-electron chi connectivity index (χ0n) is 14.5. The summed E-state index contributed by atoms with van der Waals surface area (Å²) in [6.07, 6.45) is 3.25. The lowest BCUT2D eigenvalue weighted by Crippen LogP contribution is -2.43. The van der Waals surface area contributed by atoms with Crippen molar-refractivity contribution in [1.29, 1.82) is 0 Å². The van der Waals surface area contributed by atoms with E-state index >= 15 is 0 Å². The highest BCUT2D eigenvalue weighted by atomic mass is 28.4. The molecule has 2 fully saturated rings. The molecular formula is C17H34O2Si. The van der Waals surface area contributed by atoms with Crippen molar-refractivity contribution in [3.63, 3.8) is 0 Å². The van der Waals surface area contributed by atoms with Gasteiger partial charge in [-0.1, -0.05) is 34.6 Å². The van der Waals surface area contributed by atoms with Crippen LogP contribution < -0.4 is 0 Å². The lowest BCUT2D eigenvalue weighted by atomic mass is 9.92. The maximum absolute atomic E-state index is 10.5. The van der Waals surface area contributed by atoms with E-state index in [4.69, 9.17) is 4.43 Å². The predicted octanol–water partition coefficient (Wildman–Crippen LogP) is 4.44. The molecule has 0 aliphatic heterocycles. The minimum Gasteiger partial charge on any atom is -0.416 e. The van der Waals surface area contributed by atoms with Gasteiger partial charge < -0.3 is 9.53 Å². The lowest BCUT2D eigenvalue weighted by Gasteiger charge is -2.38. The fourth-order valence-corrected chi connectivity index (χ4v) is 4.73. The first-order chi connectivity index (χ1) is 8.97. The number of rotatable bonds is 3. The second-order valence-corrected chi connectivity index (χ2v) is 14.1. The molecule has 20 heavy (non-hydrogen) atoms. The molecular weight excluding hydrogens is 264 g/mol. The summed E-state index contributed by atoms with van der Waals surface area (Å²) in [7, 11) is -1.68. The molecule has 2 aliphatic carbocycles. The van der Waals surface area contributed by atoms with Crippen molar-refractivity contribution >= 4 is 8.32 Å². The van der Waals surface area contributed by atoms with Gasteiger partial charge in [0.15, 0.2) is 8.32 Å². The average molecular weight is 299 g/mol. The van der Waals surface area contributed by atoms with Crippen molar-refractivity contribution in [3.8, 4) is 0 Å². The summed E-state index contributed by atoms with van der Waals surface area (Å²) >= 11 is 0. The van der Waals surface area contributed by atoms with Crippen LogP contribution in [0.5, 0.6) is 0 Å². The Morgan fingerprint density at radius 3 is 2.30 bits per heavy atom. The molecule has 0 bridgehead atoms. The maximum Gasteiger partial charge on any atom is 0.191 e. The molecule has 2 saturated carbocycles. The first kappa shape index (κ1) is 16.5. The highest BCUT2D eigenvalue weighted by Gasteiger charge is 2.58. The van der Waals surface area contributed by atoms with Crippen LogP contribution in [0, 0.1) is 23.2 Å². The van der Waals surface area contributed by atoms with E-state index in [1.165, 1.54) is 6.42 Å². The second kappa shape index (κ2) is 5.10. The summed E-state index contributed by atoms with van der Waals surface area (Å²) in [4.78, 5) is 0. The van der Waals surface area contributed by atoms with Gasteiger partial charge in [-0.3, -0.25) is 0 Å². The molecule has 2 aliphatic rings. The van der Waals surface area contributed by atoms with Crippen molar-refractivity contribution < 1.29 is 9.53 Å². The SMILES string of the molecule is CC1(C)[C@@H]2CC[C@H](CO[Si](C)(C)C(C)(C)C)C(O)C[C@@H]21. The molecule has 0 aromatic heterocycles. The van der Waals surface area contributed by atoms with Crippen LogP contribution in [0.3, 0.4) is 0 Å². The van der Waals surface area contributed by atoms with Gasteiger partial charge in [0.2, 0.25) is 0 Å². The maximum atomic E-state index is 10.5. The topological polar surface area (TPSA) is 29.5 Å². The van der Waals surface area contributed by atoms with Crippen LogP contribution in [0.2, 0.25) is 18.1 Å². The quantitative estimate of drug-likeness (QED) is 0.780. The minimum atomic E-state index is -1.68. The van der Waals surface area contributed by atoms with Gasteiger partial charge >= 0.3 is 0 Å². The summed E-state index contributed by atoms with van der Waals surface area (Å²) < 4.78 is 6.34. The Bertz CT molecular complexity index is 356. The highest BCUT2D eigenvalue weighted by molar-refractivity contribution is 6.74. The second-order valence-electron chi connectivity index (χ2n) is 9.25. The van der Waals surface area contributed by atoms with E-state index in [0.29, 0.717) is 11.3 Å². The van der Waals surface area contributed by atoms with E-state index in [0.717, 1.165) is 31.3 Å². The molecule has 2 rings (SSSR count). The van der Waals surface area contributed by atoms with Gasteiger partial charge in [-0.05, 0) is 54.6 Å². The van der Waals surface area contributed by atoms with Gasteiger partial charge in [-0.2, -0.15) is 0 Å². The smallest absolute Gasteiger partial charge is 0.191 e. The molecule has 1 unspecified atom stereocenters. The molecule has 0 amide bonds. The van der Waals surface area contributed by atoms with Gasteiger partial charge in [-0.15, -0.1) is 0 Å². The number of aliphatic hydroxyl groups is 1. The van der Waals surface area contributed by atoms with Crippen molar-refractivity contribution in [2.75, 3.05) is 6.61 Å². The third kappa shape index (κ3) is 3.00. The van der Waals surface area contributed by atoms with E-state index < -0.39 is 8.32 Å². The summed E-state index contributed by atoms with van der Waals surface area (Å²) in [5.74, 6) is 1.94. The van der Waals surface area contributed by atoms with Crippen molar-refractivity contribution in [2.24, 2.45) is 23.2 Å². The molecule has 0 spiro atoms. The van der Waals surface area contributed by atoms with Gasteiger partial charge in [-0.25, -0.2) is 0 Å². The third-order valence-electron chi connectivity index (χ3n) is 6.64. The van der Waals surface area contributed by atoms with E-state index in [2.05, 4.69) is 47.7 Å². The van der Waals surface area contributed by atoms with Crippen LogP contribution in [0.1, 0.15) is 53.9 Å². The van der Waals surface area contributed by atoms with Crippen molar-refractivity contribution in [1.82, 2.24) is 0 Å². The van der Waals surface area contributed by atoms with Crippen LogP contribution in [0.4, 0.5) is 0 Å². The average Bonchev–Trinajstić information content (AvgIpc) is 2.84. The van der Waals surface area contributed by atoms with Crippen molar-refractivity contribution in [2.45, 2.75) is 78.1 Å². The summed E-state index contributed by atoms with van der Waals surface area (Å²) in [5, 5.41) is 10.8. The first-order valence-corrected chi connectivity index (χ1v) is 11.2. The summed E-state index contributed by atoms with van der Waals surface area (Å²) in [6.45, 7) is 16.9. The molecule has 2 nitrogen and oxygen atoms in total. The Labute approximate surface area is 126 Å². The standard InChI is InChI=1S/C17H34O2Si/c1-16(2,3)20(6,7)19-11-12-8-9-13-14(10-15(12)18)17(13,4)5/h12-15,18H,8-11H2,1-7H3/t12-,13-,14+,15?/m1/s1. The molecule has 3 heteroatoms. The molecule has 4 atom stereocenters. The Morgan fingerprint density at radius 1 is 1.15 bits per heavy atom. The fourth-order valence-electron chi connectivity index (χ4n) is 3.66. The predicted molar refractivity (Wildman–Crippen MR) is 87.3 cm³/mol. The third-order valence-corrected chi connectivity index (χ3v) is 11.1. The largest absolute Gasteiger partial charge is 0.416 e. The molecule has 118 valence electrons. The fraction of sp³-hybridized carbons (Fsp3) is 1.00. The Morgan fingerprint density at radius 2 is 1.75 bits per heavy atom. The molecule has 0 aromatic carbocycles. The van der Waals surface area contributed by atoms with Gasteiger partial charge in [0.05, 0.1) is 6.10 Å². The normalized spacial score (nSPS) is 37.2. The number of aliphatic hydroxyl groups excluding tert-OH is 1. The molecule has 0 aromatic rings. The number of fused-ring (bicyclic) bond motifs is 1. The Hall–Kier alpha value is 0.137. The zero-order chi connectivity index (χ0) is 15.3. The zero-order valence-corrected chi connectivity index (χ0v) is 15.5. The molecule has 0 saturated heterocycles. The molecule has 0 radical (unpaired) electrons. The van der Waals surface area contributed by atoms with Crippen LogP contribution in [-0.4, -0.2) is 26.1 Å². The van der Waals surface area contributed by atoms with Crippen LogP contribution >= 0.6 is 0 Å². The summed E-state index contributed by atoms with van der Waals surface area (Å²) in [6, 6.07) is 0. The van der Waals surface area contributed by atoms with Crippen LogP contribution in [0.15, 0.2) is 0 Å². The number of hydrogen-bond donors (Lipinski definition) is 1. The van der Waals surface area contributed by atoms with Crippen molar-refractivity contribution in [3.05, 3.63) is 0 Å². The monoisotopic (exact) mass is 298 g/mol. The van der Waals surface area contributed by atoms with Gasteiger partial charge in [0, 0.05) is 12.5 Å². The number of hydrogen-bond acceptors (Lipinski definition) is 2. The van der Waals surface area contributed by atoms with E-state index in [1.54, 1.807) is 0 Å². The van der Waals surface area contributed by atoms with E-state index in [9.17, 15) is 5.11 Å². The van der Waals surface area contributed by atoms with E-state index in [-0.39, 0.29) is 11.1 Å². The Balaban J connectivity index is 1.89. The highest BCUT2D eigenvalue weighted by Crippen LogP contribution is 2.64. The lowest BCUT2D eigenvalue weighted by molar-refractivity contribution is 0.0560. The molecule has 0 heterocycles. The van der Waals surface area contributed by atoms with Gasteiger partial charge in [0.1, 0.15) is 0 Å². The minimum absolute atomic E-state index is 0.156. The van der Waals surface area contributed by atoms with Crippen LogP contribution in [-0.2, 0) is 4.43 Å². The first-order valence-electron chi connectivity index (χ1n) is 8.29. The van der Waals surface area contributed by atoms with Crippen LogP contribution in [0.25, 0.3) is 0 Å².